The maximum atomic E-state index is 14.1. The molecule has 1 aliphatic rings. The average molecular weight is 504 g/mol. The summed E-state index contributed by atoms with van der Waals surface area (Å²) in [5.41, 5.74) is 0.435. The van der Waals surface area contributed by atoms with Gasteiger partial charge in [0.05, 0.1) is 24.4 Å². The normalized spacial score (nSPS) is 15.4. The fourth-order valence-electron chi connectivity index (χ4n) is 4.02. The second kappa shape index (κ2) is 11.6. The largest absolute Gasteiger partial charge is 0.345 e. The molecule has 2 heterocycles. The van der Waals surface area contributed by atoms with Crippen molar-refractivity contribution in [2.24, 2.45) is 5.41 Å². The zero-order valence-electron chi connectivity index (χ0n) is 21.3. The van der Waals surface area contributed by atoms with Crippen LogP contribution in [-0.2, 0) is 14.4 Å². The van der Waals surface area contributed by atoms with E-state index >= 15 is 0 Å². The molecule has 1 saturated heterocycles. The van der Waals surface area contributed by atoms with Gasteiger partial charge in [-0.05, 0) is 43.7 Å². The predicted octanol–water partition coefficient (Wildman–Crippen LogP) is 3.86. The van der Waals surface area contributed by atoms with E-state index in [1.807, 2.05) is 20.8 Å². The zero-order valence-corrected chi connectivity index (χ0v) is 21.3. The highest BCUT2D eigenvalue weighted by atomic mass is 19.1. The summed E-state index contributed by atoms with van der Waals surface area (Å²) in [6.45, 7) is 9.06. The number of amides is 3. The van der Waals surface area contributed by atoms with Gasteiger partial charge in [-0.1, -0.05) is 20.8 Å². The third kappa shape index (κ3) is 7.60. The van der Waals surface area contributed by atoms with E-state index in [1.54, 1.807) is 11.8 Å². The molecule has 1 aliphatic heterocycles. The Kier molecular flexibility index (Phi) is 8.81. The van der Waals surface area contributed by atoms with Crippen molar-refractivity contribution in [3.05, 3.63) is 41.9 Å². The van der Waals surface area contributed by atoms with Crippen molar-refractivity contribution in [3.63, 3.8) is 0 Å². The molecule has 0 spiro atoms. The zero-order chi connectivity index (χ0) is 26.5. The summed E-state index contributed by atoms with van der Waals surface area (Å²) in [6.07, 6.45) is 3.99. The Hall–Kier alpha value is -3.30. The van der Waals surface area contributed by atoms with Gasteiger partial charge in [0, 0.05) is 31.1 Å². The van der Waals surface area contributed by atoms with Crippen LogP contribution in [0.4, 0.5) is 8.78 Å². The van der Waals surface area contributed by atoms with Crippen LogP contribution in [0.2, 0.25) is 0 Å². The summed E-state index contributed by atoms with van der Waals surface area (Å²) in [5.74, 6) is -2.05. The van der Waals surface area contributed by atoms with E-state index in [0.717, 1.165) is 25.0 Å². The molecule has 0 bridgehead atoms. The number of imidazole rings is 1. The number of likely N-dealkylation sites (tertiary alicyclic amines) is 1. The molecule has 3 rings (SSSR count). The summed E-state index contributed by atoms with van der Waals surface area (Å²) in [6, 6.07) is 1.58. The van der Waals surface area contributed by atoms with Crippen LogP contribution in [0.3, 0.4) is 0 Å². The van der Waals surface area contributed by atoms with Crippen LogP contribution in [0, 0.1) is 17.0 Å². The smallest absolute Gasteiger partial charge is 0.243 e. The lowest BCUT2D eigenvalue weighted by atomic mass is 9.90. The summed E-state index contributed by atoms with van der Waals surface area (Å²) < 4.78 is 27.4. The minimum atomic E-state index is -1.03. The second-order valence-corrected chi connectivity index (χ2v) is 10.5. The topological polar surface area (TPSA) is 107 Å². The van der Waals surface area contributed by atoms with Gasteiger partial charge in [-0.2, -0.15) is 0 Å². The minimum Gasteiger partial charge on any atom is -0.345 e. The van der Waals surface area contributed by atoms with Crippen molar-refractivity contribution < 1.29 is 23.2 Å². The van der Waals surface area contributed by atoms with Crippen molar-refractivity contribution in [3.8, 4) is 11.3 Å². The number of halogens is 2. The fraction of sp³-hybridized carbons (Fsp3) is 0.538. The summed E-state index contributed by atoms with van der Waals surface area (Å²) in [5, 5.41) is 5.52. The molecule has 1 fully saturated rings. The van der Waals surface area contributed by atoms with Gasteiger partial charge in [0.15, 0.2) is 0 Å². The number of nitrogens with one attached hydrogen (secondary N) is 3. The lowest BCUT2D eigenvalue weighted by Crippen LogP contribution is -2.50. The standard InChI is InChI=1S/C26H35F2N5O3/c1-16(24-29-15-21(32-24)18-8-7-17(27)13-19(18)28)30-25(36)20(14-23(35)33-11-5-6-12-33)31-22(34)9-10-26(2,3)4/h7-8,13,15-16,20H,5-6,9-12,14H2,1-4H3,(H,29,32)(H,30,36)(H,31,34). The number of benzene rings is 1. The first-order chi connectivity index (χ1) is 16.9. The first kappa shape index (κ1) is 27.3. The molecule has 0 aliphatic carbocycles. The molecule has 3 amide bonds. The van der Waals surface area contributed by atoms with Crippen LogP contribution in [0.5, 0.6) is 0 Å². The number of aromatic amines is 1. The lowest BCUT2D eigenvalue weighted by Gasteiger charge is -2.24. The summed E-state index contributed by atoms with van der Waals surface area (Å²) in [7, 11) is 0. The highest BCUT2D eigenvalue weighted by molar-refractivity contribution is 5.92. The van der Waals surface area contributed by atoms with E-state index in [0.29, 0.717) is 31.0 Å². The highest BCUT2D eigenvalue weighted by Gasteiger charge is 2.29. The number of hydrogen-bond donors (Lipinski definition) is 3. The third-order valence-electron chi connectivity index (χ3n) is 6.18. The number of carbonyl (C=O) groups is 3. The maximum Gasteiger partial charge on any atom is 0.243 e. The number of hydrogen-bond acceptors (Lipinski definition) is 4. The maximum absolute atomic E-state index is 14.1. The van der Waals surface area contributed by atoms with Crippen LogP contribution in [0.25, 0.3) is 11.3 Å². The minimum absolute atomic E-state index is 0.0457. The van der Waals surface area contributed by atoms with Crippen LogP contribution in [0.1, 0.15) is 71.7 Å². The average Bonchev–Trinajstić information content (AvgIpc) is 3.49. The Morgan fingerprint density at radius 1 is 1.14 bits per heavy atom. The molecule has 1 aromatic carbocycles. The SMILES string of the molecule is CC(NC(=O)C(CC(=O)N1CCCC1)NC(=O)CCC(C)(C)C)c1ncc(-c2ccc(F)cc2F)[nH]1. The third-order valence-corrected chi connectivity index (χ3v) is 6.18. The van der Waals surface area contributed by atoms with E-state index in [4.69, 9.17) is 0 Å². The van der Waals surface area contributed by atoms with E-state index in [-0.39, 0.29) is 35.6 Å². The quantitative estimate of drug-likeness (QED) is 0.483. The Morgan fingerprint density at radius 3 is 2.47 bits per heavy atom. The van der Waals surface area contributed by atoms with Gasteiger partial charge < -0.3 is 20.5 Å². The fourth-order valence-corrected chi connectivity index (χ4v) is 4.02. The van der Waals surface area contributed by atoms with Crippen LogP contribution in [0.15, 0.2) is 24.4 Å². The van der Waals surface area contributed by atoms with E-state index in [9.17, 15) is 23.2 Å². The van der Waals surface area contributed by atoms with Gasteiger partial charge in [0.25, 0.3) is 0 Å². The van der Waals surface area contributed by atoms with Crippen LogP contribution >= 0.6 is 0 Å². The van der Waals surface area contributed by atoms with Gasteiger partial charge in [-0.3, -0.25) is 14.4 Å². The number of carbonyl (C=O) groups excluding carboxylic acids is 3. The van der Waals surface area contributed by atoms with Crippen molar-refractivity contribution in [2.45, 2.75) is 71.9 Å². The molecule has 2 unspecified atom stereocenters. The van der Waals surface area contributed by atoms with Crippen molar-refractivity contribution in [2.75, 3.05) is 13.1 Å². The monoisotopic (exact) mass is 503 g/mol. The van der Waals surface area contributed by atoms with Crippen molar-refractivity contribution in [1.82, 2.24) is 25.5 Å². The molecule has 0 radical (unpaired) electrons. The van der Waals surface area contributed by atoms with Crippen molar-refractivity contribution >= 4 is 17.7 Å². The molecule has 196 valence electrons. The predicted molar refractivity (Wildman–Crippen MR) is 132 cm³/mol. The van der Waals surface area contributed by atoms with Gasteiger partial charge in [-0.25, -0.2) is 13.8 Å². The van der Waals surface area contributed by atoms with Crippen LogP contribution < -0.4 is 10.6 Å². The van der Waals surface area contributed by atoms with Gasteiger partial charge in [-0.15, -0.1) is 0 Å². The molecule has 3 N–H and O–H groups in total. The Labute approximate surface area is 210 Å². The molecule has 2 atom stereocenters. The molecule has 36 heavy (non-hydrogen) atoms. The lowest BCUT2D eigenvalue weighted by molar-refractivity contribution is -0.136. The number of H-pyrrole nitrogens is 1. The van der Waals surface area contributed by atoms with E-state index in [1.165, 1.54) is 12.3 Å². The number of rotatable bonds is 9. The summed E-state index contributed by atoms with van der Waals surface area (Å²) >= 11 is 0. The molecule has 10 heteroatoms. The molecular weight excluding hydrogens is 468 g/mol. The van der Waals surface area contributed by atoms with Crippen LogP contribution in [-0.4, -0.2) is 51.7 Å². The molecule has 1 aromatic heterocycles. The molecule has 2 aromatic rings. The molecule has 0 saturated carbocycles. The number of aromatic nitrogens is 2. The first-order valence-corrected chi connectivity index (χ1v) is 12.3. The highest BCUT2D eigenvalue weighted by Crippen LogP contribution is 2.23. The van der Waals surface area contributed by atoms with E-state index in [2.05, 4.69) is 20.6 Å². The van der Waals surface area contributed by atoms with Gasteiger partial charge in [0.1, 0.15) is 23.5 Å². The number of nitrogens with zero attached hydrogens (tertiary/aromatic N) is 2. The molecular formula is C26H35F2N5O3. The van der Waals surface area contributed by atoms with Gasteiger partial charge in [0.2, 0.25) is 17.7 Å². The summed E-state index contributed by atoms with van der Waals surface area (Å²) in [4.78, 5) is 47.3. The van der Waals surface area contributed by atoms with E-state index < -0.39 is 29.6 Å². The Bertz CT molecular complexity index is 1090. The van der Waals surface area contributed by atoms with Crippen molar-refractivity contribution in [1.29, 1.82) is 0 Å². The first-order valence-electron chi connectivity index (χ1n) is 12.3. The molecule has 8 nitrogen and oxygen atoms in total. The Morgan fingerprint density at radius 2 is 1.83 bits per heavy atom. The van der Waals surface area contributed by atoms with Gasteiger partial charge >= 0.3 is 0 Å². The Balaban J connectivity index is 1.69. The second-order valence-electron chi connectivity index (χ2n) is 10.5.